The lowest BCUT2D eigenvalue weighted by Gasteiger charge is -2.18. The molecular formula is C9H11NO4S. The average molecular weight is 229 g/mol. The summed E-state index contributed by atoms with van der Waals surface area (Å²) in [5.41, 5.74) is 0.262. The summed E-state index contributed by atoms with van der Waals surface area (Å²) in [4.78, 5) is 10.4. The molecule has 2 rings (SSSR count). The predicted octanol–water partition coefficient (Wildman–Crippen LogP) is 0.779. The van der Waals surface area contributed by atoms with Crippen LogP contribution in [0.2, 0.25) is 0 Å². The van der Waals surface area contributed by atoms with E-state index in [4.69, 9.17) is 4.52 Å². The van der Waals surface area contributed by atoms with Crippen molar-refractivity contribution in [3.05, 3.63) is 17.5 Å². The van der Waals surface area contributed by atoms with E-state index in [1.807, 2.05) is 0 Å². The van der Waals surface area contributed by atoms with E-state index in [9.17, 15) is 13.2 Å². The second-order valence-corrected chi connectivity index (χ2v) is 6.00. The molecule has 15 heavy (non-hydrogen) atoms. The monoisotopic (exact) mass is 229 g/mol. The molecule has 0 bridgehead atoms. The van der Waals surface area contributed by atoms with Crippen molar-refractivity contribution < 1.29 is 17.7 Å². The maximum atomic E-state index is 11.2. The van der Waals surface area contributed by atoms with Gasteiger partial charge in [0.05, 0.1) is 11.5 Å². The topological polar surface area (TPSA) is 77.2 Å². The van der Waals surface area contributed by atoms with Crippen LogP contribution < -0.4 is 0 Å². The molecule has 0 atom stereocenters. The first kappa shape index (κ1) is 10.4. The van der Waals surface area contributed by atoms with Gasteiger partial charge in [0.25, 0.3) is 0 Å². The number of aldehydes is 1. The van der Waals surface area contributed by atoms with Crippen molar-refractivity contribution in [1.29, 1.82) is 0 Å². The second-order valence-electron chi connectivity index (χ2n) is 3.70. The summed E-state index contributed by atoms with van der Waals surface area (Å²) in [6.07, 6.45) is 1.72. The summed E-state index contributed by atoms with van der Waals surface area (Å²) in [7, 11) is -2.85. The molecule has 1 fully saturated rings. The number of hydrogen-bond donors (Lipinski definition) is 0. The smallest absolute Gasteiger partial charge is 0.171 e. The Balaban J connectivity index is 2.10. The maximum Gasteiger partial charge on any atom is 0.171 e. The first-order chi connectivity index (χ1) is 7.11. The third-order valence-corrected chi connectivity index (χ3v) is 4.34. The van der Waals surface area contributed by atoms with E-state index in [0.717, 1.165) is 0 Å². The van der Waals surface area contributed by atoms with Gasteiger partial charge in [-0.15, -0.1) is 0 Å². The molecule has 0 aliphatic carbocycles. The number of rotatable bonds is 2. The fraction of sp³-hybridized carbons (Fsp3) is 0.556. The van der Waals surface area contributed by atoms with Gasteiger partial charge in [-0.25, -0.2) is 8.42 Å². The van der Waals surface area contributed by atoms with Crippen LogP contribution in [0.3, 0.4) is 0 Å². The van der Waals surface area contributed by atoms with E-state index in [-0.39, 0.29) is 23.1 Å². The van der Waals surface area contributed by atoms with Gasteiger partial charge in [-0.05, 0) is 12.8 Å². The summed E-state index contributed by atoms with van der Waals surface area (Å²) in [5, 5.41) is 3.55. The lowest BCUT2D eigenvalue weighted by atomic mass is 10.00. The van der Waals surface area contributed by atoms with Crippen LogP contribution in [-0.2, 0) is 9.84 Å². The van der Waals surface area contributed by atoms with Crippen molar-refractivity contribution in [2.75, 3.05) is 11.5 Å². The zero-order chi connectivity index (χ0) is 10.9. The molecule has 0 saturated carbocycles. The zero-order valence-electron chi connectivity index (χ0n) is 8.05. The van der Waals surface area contributed by atoms with Crippen LogP contribution in [0.15, 0.2) is 10.6 Å². The summed E-state index contributed by atoms with van der Waals surface area (Å²) in [6.45, 7) is 0. The van der Waals surface area contributed by atoms with Crippen LogP contribution in [-0.4, -0.2) is 31.4 Å². The average Bonchev–Trinajstić information content (AvgIpc) is 2.66. The van der Waals surface area contributed by atoms with Gasteiger partial charge in [-0.1, -0.05) is 5.16 Å². The number of carbonyl (C=O) groups excluding carboxylic acids is 1. The van der Waals surface area contributed by atoms with Crippen LogP contribution >= 0.6 is 0 Å². The van der Waals surface area contributed by atoms with E-state index in [1.165, 1.54) is 0 Å². The molecule has 0 radical (unpaired) electrons. The van der Waals surface area contributed by atoms with Gasteiger partial charge in [0.15, 0.2) is 6.29 Å². The largest absolute Gasteiger partial charge is 0.360 e. The van der Waals surface area contributed by atoms with E-state index >= 15 is 0 Å². The summed E-state index contributed by atoms with van der Waals surface area (Å²) < 4.78 is 27.4. The zero-order valence-corrected chi connectivity index (χ0v) is 8.87. The minimum absolute atomic E-state index is 0.0784. The Morgan fingerprint density at radius 2 is 2.07 bits per heavy atom. The van der Waals surface area contributed by atoms with E-state index in [2.05, 4.69) is 5.16 Å². The molecule has 0 unspecified atom stereocenters. The highest BCUT2D eigenvalue weighted by molar-refractivity contribution is 7.91. The lowest BCUT2D eigenvalue weighted by Crippen LogP contribution is -2.21. The van der Waals surface area contributed by atoms with Crippen molar-refractivity contribution in [3.63, 3.8) is 0 Å². The Labute approximate surface area is 87.4 Å². The fourth-order valence-corrected chi connectivity index (χ4v) is 3.22. The molecule has 1 aromatic heterocycles. The molecule has 0 spiro atoms. The van der Waals surface area contributed by atoms with E-state index < -0.39 is 9.84 Å². The Hall–Kier alpha value is -1.17. The molecule has 0 N–H and O–H groups in total. The Bertz CT molecular complexity index is 448. The third kappa shape index (κ3) is 2.26. The van der Waals surface area contributed by atoms with Gasteiger partial charge < -0.3 is 4.52 Å². The van der Waals surface area contributed by atoms with E-state index in [0.29, 0.717) is 24.9 Å². The molecule has 1 saturated heterocycles. The SMILES string of the molecule is O=Cc1cc(C2CCS(=O)(=O)CC2)on1. The van der Waals surface area contributed by atoms with Crippen LogP contribution in [0.4, 0.5) is 0 Å². The molecule has 5 nitrogen and oxygen atoms in total. The highest BCUT2D eigenvalue weighted by Crippen LogP contribution is 2.29. The normalized spacial score (nSPS) is 21.3. The van der Waals surface area contributed by atoms with Crippen molar-refractivity contribution >= 4 is 16.1 Å². The van der Waals surface area contributed by atoms with Gasteiger partial charge in [-0.3, -0.25) is 4.79 Å². The summed E-state index contributed by atoms with van der Waals surface area (Å²) in [5.74, 6) is 1.07. The van der Waals surface area contributed by atoms with Crippen molar-refractivity contribution in [3.8, 4) is 0 Å². The molecular weight excluding hydrogens is 218 g/mol. The van der Waals surface area contributed by atoms with Crippen molar-refractivity contribution in [2.24, 2.45) is 0 Å². The summed E-state index contributed by atoms with van der Waals surface area (Å²) >= 11 is 0. The first-order valence-corrected chi connectivity index (χ1v) is 6.55. The standard InChI is InChI=1S/C9H11NO4S/c11-6-8-5-9(14-10-8)7-1-3-15(12,13)4-2-7/h5-7H,1-4H2. The van der Waals surface area contributed by atoms with Crippen LogP contribution in [0.5, 0.6) is 0 Å². The van der Waals surface area contributed by atoms with E-state index in [1.54, 1.807) is 6.07 Å². The van der Waals surface area contributed by atoms with Crippen LogP contribution in [0, 0.1) is 0 Å². The van der Waals surface area contributed by atoms with Crippen molar-refractivity contribution in [2.45, 2.75) is 18.8 Å². The van der Waals surface area contributed by atoms with Gasteiger partial charge in [0.1, 0.15) is 21.3 Å². The molecule has 1 aliphatic heterocycles. The van der Waals surface area contributed by atoms with Gasteiger partial charge in [0, 0.05) is 12.0 Å². The molecule has 82 valence electrons. The van der Waals surface area contributed by atoms with Gasteiger partial charge >= 0.3 is 0 Å². The van der Waals surface area contributed by atoms with Crippen LogP contribution in [0.25, 0.3) is 0 Å². The minimum Gasteiger partial charge on any atom is -0.360 e. The number of sulfone groups is 1. The van der Waals surface area contributed by atoms with Gasteiger partial charge in [0.2, 0.25) is 0 Å². The minimum atomic E-state index is -2.85. The molecule has 0 amide bonds. The lowest BCUT2D eigenvalue weighted by molar-refractivity contribution is 0.111. The highest BCUT2D eigenvalue weighted by atomic mass is 32.2. The third-order valence-electron chi connectivity index (χ3n) is 2.62. The highest BCUT2D eigenvalue weighted by Gasteiger charge is 2.27. The molecule has 1 aliphatic rings. The summed E-state index contributed by atoms with van der Waals surface area (Å²) in [6, 6.07) is 1.58. The number of nitrogens with zero attached hydrogens (tertiary/aromatic N) is 1. The first-order valence-electron chi connectivity index (χ1n) is 4.73. The second kappa shape index (κ2) is 3.77. The molecule has 1 aromatic rings. The number of aromatic nitrogens is 1. The molecule has 0 aromatic carbocycles. The Kier molecular flexibility index (Phi) is 2.60. The number of hydrogen-bond acceptors (Lipinski definition) is 5. The number of carbonyl (C=O) groups is 1. The van der Waals surface area contributed by atoms with Crippen LogP contribution in [0.1, 0.15) is 35.0 Å². The Morgan fingerprint density at radius 1 is 1.40 bits per heavy atom. The molecule has 2 heterocycles. The van der Waals surface area contributed by atoms with Crippen molar-refractivity contribution in [1.82, 2.24) is 5.16 Å². The molecule has 6 heteroatoms. The predicted molar refractivity (Wildman–Crippen MR) is 52.5 cm³/mol. The maximum absolute atomic E-state index is 11.2. The van der Waals surface area contributed by atoms with Gasteiger partial charge in [-0.2, -0.15) is 0 Å². The Morgan fingerprint density at radius 3 is 2.60 bits per heavy atom. The quantitative estimate of drug-likeness (QED) is 0.700. The fourth-order valence-electron chi connectivity index (χ4n) is 1.73.